The van der Waals surface area contributed by atoms with Crippen LogP contribution in [-0.4, -0.2) is 43.7 Å². The number of sulfonamides is 1. The molecule has 8 nitrogen and oxygen atoms in total. The number of carbonyl (C=O) groups is 1. The zero-order valence-corrected chi connectivity index (χ0v) is 23.0. The number of aliphatic carboxylic acids is 1. The second-order valence-corrected chi connectivity index (χ2v) is 10.7. The number of anilines is 1. The van der Waals surface area contributed by atoms with Crippen LogP contribution in [0.3, 0.4) is 0 Å². The van der Waals surface area contributed by atoms with Gasteiger partial charge in [0.2, 0.25) is 10.0 Å². The van der Waals surface area contributed by atoms with Crippen molar-refractivity contribution in [2.75, 3.05) is 18.5 Å². The van der Waals surface area contributed by atoms with Crippen molar-refractivity contribution in [2.24, 2.45) is 0 Å². The maximum absolute atomic E-state index is 13.1. The van der Waals surface area contributed by atoms with Gasteiger partial charge in [-0.25, -0.2) is 13.4 Å². The highest BCUT2D eigenvalue weighted by atomic mass is 32.2. The smallest absolute Gasteiger partial charge is 0.416 e. The summed E-state index contributed by atoms with van der Waals surface area (Å²) < 4.78 is 112. The predicted molar refractivity (Wildman–Crippen MR) is 144 cm³/mol. The molecule has 2 aromatic carbocycles. The number of ether oxygens (including phenoxy) is 1. The van der Waals surface area contributed by atoms with Gasteiger partial charge in [0.15, 0.2) is 0 Å². The minimum atomic E-state index is -5.12. The summed E-state index contributed by atoms with van der Waals surface area (Å²) in [6.45, 7) is 0.883. The molecular formula is C28H25F6N3O5S. The third-order valence-corrected chi connectivity index (χ3v) is 7.05. The summed E-state index contributed by atoms with van der Waals surface area (Å²) in [5.74, 6) is 3.58. The molecule has 0 aliphatic carbocycles. The van der Waals surface area contributed by atoms with Crippen LogP contribution in [0.15, 0.2) is 71.8 Å². The van der Waals surface area contributed by atoms with E-state index in [9.17, 15) is 44.7 Å². The normalized spacial score (nSPS) is 12.6. The number of carboxylic acids is 1. The van der Waals surface area contributed by atoms with E-state index in [-0.39, 0.29) is 23.3 Å². The van der Waals surface area contributed by atoms with Crippen LogP contribution in [0.25, 0.3) is 0 Å². The van der Waals surface area contributed by atoms with Crippen molar-refractivity contribution in [2.45, 2.75) is 42.6 Å². The molecule has 0 bridgehead atoms. The van der Waals surface area contributed by atoms with E-state index in [0.29, 0.717) is 25.1 Å². The van der Waals surface area contributed by atoms with Crippen LogP contribution in [0.1, 0.15) is 36.0 Å². The number of unbranched alkanes of at least 4 members (excludes halogenated alkanes) is 1. The van der Waals surface area contributed by atoms with Gasteiger partial charge >= 0.3 is 18.3 Å². The monoisotopic (exact) mass is 629 g/mol. The lowest BCUT2D eigenvalue weighted by atomic mass is 10.0. The van der Waals surface area contributed by atoms with E-state index in [2.05, 4.69) is 16.2 Å². The summed E-state index contributed by atoms with van der Waals surface area (Å²) in [5, 5.41) is 12.3. The number of hydrogen-bond donors (Lipinski definition) is 3. The van der Waals surface area contributed by atoms with Crippen LogP contribution in [0.2, 0.25) is 0 Å². The molecule has 1 heterocycles. The van der Waals surface area contributed by atoms with Gasteiger partial charge < -0.3 is 15.2 Å². The molecule has 0 saturated carbocycles. The van der Waals surface area contributed by atoms with Gasteiger partial charge in [0.25, 0.3) is 0 Å². The molecule has 3 N–H and O–H groups in total. The zero-order chi connectivity index (χ0) is 31.7. The maximum Gasteiger partial charge on any atom is 0.416 e. The van der Waals surface area contributed by atoms with Crippen LogP contribution in [0.5, 0.6) is 5.75 Å². The summed E-state index contributed by atoms with van der Waals surface area (Å²) in [7, 11) is -4.44. The highest BCUT2D eigenvalue weighted by Crippen LogP contribution is 2.36. The number of benzene rings is 2. The topological polar surface area (TPSA) is 118 Å². The summed E-state index contributed by atoms with van der Waals surface area (Å²) >= 11 is 0. The van der Waals surface area contributed by atoms with Crippen LogP contribution < -0.4 is 14.8 Å². The molecule has 1 aromatic heterocycles. The van der Waals surface area contributed by atoms with Gasteiger partial charge in [-0.15, -0.1) is 0 Å². The van der Waals surface area contributed by atoms with Gasteiger partial charge in [0.05, 0.1) is 35.1 Å². The van der Waals surface area contributed by atoms with Crippen molar-refractivity contribution in [1.82, 2.24) is 9.71 Å². The molecule has 1 unspecified atom stereocenters. The Morgan fingerprint density at radius 3 is 2.26 bits per heavy atom. The first-order valence-electron chi connectivity index (χ1n) is 12.6. The number of pyridine rings is 1. The maximum atomic E-state index is 13.1. The van der Waals surface area contributed by atoms with Crippen molar-refractivity contribution in [3.8, 4) is 17.6 Å². The van der Waals surface area contributed by atoms with Crippen molar-refractivity contribution < 1.29 is 49.4 Å². The quantitative estimate of drug-likeness (QED) is 0.136. The lowest BCUT2D eigenvalue weighted by Crippen LogP contribution is -2.35. The summed E-state index contributed by atoms with van der Waals surface area (Å²) in [6, 6.07) is 9.64. The van der Waals surface area contributed by atoms with Crippen molar-refractivity contribution >= 4 is 21.8 Å². The van der Waals surface area contributed by atoms with Crippen molar-refractivity contribution in [3.63, 3.8) is 0 Å². The molecule has 15 heteroatoms. The summed E-state index contributed by atoms with van der Waals surface area (Å²) in [5.41, 5.74) is -3.98. The van der Waals surface area contributed by atoms with E-state index < -0.39 is 57.5 Å². The Morgan fingerprint density at radius 1 is 0.953 bits per heavy atom. The van der Waals surface area contributed by atoms with Crippen molar-refractivity contribution in [1.29, 1.82) is 0 Å². The Morgan fingerprint density at radius 2 is 1.65 bits per heavy atom. The molecule has 230 valence electrons. The molecule has 3 aromatic rings. The van der Waals surface area contributed by atoms with Crippen LogP contribution in [-0.2, 0) is 27.2 Å². The Hall–Kier alpha value is -4.29. The van der Waals surface area contributed by atoms with Gasteiger partial charge in [0, 0.05) is 24.4 Å². The summed E-state index contributed by atoms with van der Waals surface area (Å²) in [4.78, 5) is 15.1. The molecule has 0 radical (unpaired) electrons. The fraction of sp³-hybridized carbons (Fsp3) is 0.286. The number of hydrogen-bond acceptors (Lipinski definition) is 6. The highest BCUT2D eigenvalue weighted by Gasteiger charge is 2.36. The van der Waals surface area contributed by atoms with E-state index >= 15 is 0 Å². The van der Waals surface area contributed by atoms with Crippen LogP contribution >= 0.6 is 0 Å². The molecule has 0 aliphatic rings. The van der Waals surface area contributed by atoms with E-state index in [1.54, 1.807) is 12.3 Å². The first kappa shape index (κ1) is 33.2. The van der Waals surface area contributed by atoms with Crippen LogP contribution in [0, 0.1) is 11.8 Å². The van der Waals surface area contributed by atoms with E-state index in [1.807, 2.05) is 22.8 Å². The van der Waals surface area contributed by atoms with Crippen LogP contribution in [0.4, 0.5) is 32.2 Å². The van der Waals surface area contributed by atoms with E-state index in [1.165, 1.54) is 24.3 Å². The molecular weight excluding hydrogens is 604 g/mol. The Balaban J connectivity index is 1.70. The highest BCUT2D eigenvalue weighted by molar-refractivity contribution is 7.89. The molecule has 43 heavy (non-hydrogen) atoms. The number of alkyl halides is 6. The predicted octanol–water partition coefficient (Wildman–Crippen LogP) is 5.56. The molecule has 0 amide bonds. The molecule has 0 saturated heterocycles. The Labute approximate surface area is 243 Å². The standard InChI is InChI=1S/C28H25F6N3O5S/c29-27(30,31)20-14-19(15-21(16-20)28(32,33)34)9-10-22(17-26(38)39)37-43(40,41)24-7-5-6-23(18-24)42-13-4-3-12-36-25-8-1-2-11-35-25/h1-2,5-8,11,14-16,18,22,37H,3-4,12-13,17H2,(H,35,36)(H,38,39). The average molecular weight is 630 g/mol. The number of carboxylic acid groups (broad SMARTS) is 1. The molecule has 1 atom stereocenters. The first-order valence-corrected chi connectivity index (χ1v) is 14.0. The zero-order valence-electron chi connectivity index (χ0n) is 22.2. The average Bonchev–Trinajstić information content (AvgIpc) is 2.93. The lowest BCUT2D eigenvalue weighted by Gasteiger charge is -2.14. The van der Waals surface area contributed by atoms with Crippen molar-refractivity contribution in [3.05, 3.63) is 83.6 Å². The van der Waals surface area contributed by atoms with Gasteiger partial charge in [-0.2, -0.15) is 31.1 Å². The molecule has 0 spiro atoms. The third-order valence-electron chi connectivity index (χ3n) is 5.58. The van der Waals surface area contributed by atoms with Gasteiger partial charge in [0.1, 0.15) is 11.6 Å². The van der Waals surface area contributed by atoms with E-state index in [4.69, 9.17) is 4.74 Å². The molecule has 0 aliphatic heterocycles. The number of halogens is 6. The molecule has 3 rings (SSSR count). The van der Waals surface area contributed by atoms with Gasteiger partial charge in [-0.05, 0) is 55.3 Å². The summed E-state index contributed by atoms with van der Waals surface area (Å²) in [6.07, 6.45) is -8.17. The number of rotatable bonds is 12. The third kappa shape index (κ3) is 10.8. The second kappa shape index (κ2) is 14.3. The first-order chi connectivity index (χ1) is 20.1. The number of nitrogens with one attached hydrogen (secondary N) is 2. The number of nitrogens with zero attached hydrogens (tertiary/aromatic N) is 1. The Bertz CT molecular complexity index is 1540. The fourth-order valence-electron chi connectivity index (χ4n) is 3.58. The van der Waals surface area contributed by atoms with Gasteiger partial charge in [-0.3, -0.25) is 4.79 Å². The minimum Gasteiger partial charge on any atom is -0.494 e. The van der Waals surface area contributed by atoms with E-state index in [0.717, 1.165) is 12.2 Å². The molecule has 0 fully saturated rings. The second-order valence-electron chi connectivity index (χ2n) is 9.01. The lowest BCUT2D eigenvalue weighted by molar-refractivity contribution is -0.143. The number of aromatic nitrogens is 1. The van der Waals surface area contributed by atoms with Gasteiger partial charge in [-0.1, -0.05) is 24.0 Å². The SMILES string of the molecule is O=C(O)CC(C#Cc1cc(C(F)(F)F)cc(C(F)(F)F)c1)NS(=O)(=O)c1cccc(OCCCCNc2ccccn2)c1. The minimum absolute atomic E-state index is 0.0865. The largest absolute Gasteiger partial charge is 0.494 e. The fourth-order valence-corrected chi connectivity index (χ4v) is 4.76. The Kier molecular flexibility index (Phi) is 11.0.